The van der Waals surface area contributed by atoms with Crippen LogP contribution in [0.4, 0.5) is 0 Å². The van der Waals surface area contributed by atoms with E-state index in [1.165, 1.54) is 0 Å². The summed E-state index contributed by atoms with van der Waals surface area (Å²) in [5, 5.41) is 35.7. The van der Waals surface area contributed by atoms with Crippen molar-refractivity contribution in [3.63, 3.8) is 0 Å². The Labute approximate surface area is 210 Å². The van der Waals surface area contributed by atoms with E-state index in [2.05, 4.69) is 26.1 Å². The van der Waals surface area contributed by atoms with Crippen molar-refractivity contribution < 1.29 is 33.1 Å². The minimum Gasteiger partial charge on any atom is -0.748 e. The molecular formula is C26H44NO7S-. The van der Waals surface area contributed by atoms with Crippen molar-refractivity contribution >= 4 is 16.0 Å². The van der Waals surface area contributed by atoms with Gasteiger partial charge in [0.1, 0.15) is 0 Å². The highest BCUT2D eigenvalue weighted by molar-refractivity contribution is 7.85. The molecule has 0 aromatic heterocycles. The van der Waals surface area contributed by atoms with Crippen LogP contribution in [0.5, 0.6) is 0 Å². The van der Waals surface area contributed by atoms with Crippen molar-refractivity contribution in [3.8, 4) is 0 Å². The Morgan fingerprint density at radius 1 is 1.09 bits per heavy atom. The number of fused-ring (bicyclic) bond motifs is 5. The maximum absolute atomic E-state index is 12.2. The van der Waals surface area contributed by atoms with E-state index in [9.17, 15) is 33.1 Å². The molecule has 8 nitrogen and oxygen atoms in total. The number of hydrogen-bond donors (Lipinski definition) is 4. The summed E-state index contributed by atoms with van der Waals surface area (Å²) >= 11 is 0. The molecule has 4 aliphatic rings. The summed E-state index contributed by atoms with van der Waals surface area (Å²) in [6.07, 6.45) is 5.58. The molecular weight excluding hydrogens is 470 g/mol. The molecule has 0 aromatic rings. The van der Waals surface area contributed by atoms with Crippen LogP contribution in [0.1, 0.15) is 78.6 Å². The fraction of sp³-hybridized carbons (Fsp3) is 0.962. The van der Waals surface area contributed by atoms with Crippen molar-refractivity contribution in [2.24, 2.45) is 46.3 Å². The average Bonchev–Trinajstić information content (AvgIpc) is 3.12. The number of amides is 1. The highest BCUT2D eigenvalue weighted by atomic mass is 32.2. The van der Waals surface area contributed by atoms with Gasteiger partial charge in [0.15, 0.2) is 0 Å². The van der Waals surface area contributed by atoms with Gasteiger partial charge in [0.25, 0.3) is 0 Å². The highest BCUT2D eigenvalue weighted by Crippen LogP contribution is 2.68. The third kappa shape index (κ3) is 5.05. The minimum absolute atomic E-state index is 0.0464. The number of carbonyl (C=O) groups is 1. The van der Waals surface area contributed by atoms with Gasteiger partial charge < -0.3 is 25.2 Å². The quantitative estimate of drug-likeness (QED) is 0.380. The van der Waals surface area contributed by atoms with E-state index in [1.807, 2.05) is 0 Å². The molecule has 0 unspecified atom stereocenters. The molecule has 35 heavy (non-hydrogen) atoms. The summed E-state index contributed by atoms with van der Waals surface area (Å²) < 4.78 is 32.2. The van der Waals surface area contributed by atoms with Crippen molar-refractivity contribution in [1.82, 2.24) is 5.32 Å². The fourth-order valence-electron chi connectivity index (χ4n) is 9.10. The molecule has 4 saturated carbocycles. The molecule has 1 amide bonds. The predicted molar refractivity (Wildman–Crippen MR) is 130 cm³/mol. The van der Waals surface area contributed by atoms with Crippen molar-refractivity contribution in [2.75, 3.05) is 12.3 Å². The van der Waals surface area contributed by atoms with Gasteiger partial charge in [-0.05, 0) is 97.7 Å². The monoisotopic (exact) mass is 514 g/mol. The Balaban J connectivity index is 1.43. The summed E-state index contributed by atoms with van der Waals surface area (Å²) in [6.45, 7) is 6.48. The number of rotatable bonds is 7. The molecule has 202 valence electrons. The molecule has 0 radical (unpaired) electrons. The van der Waals surface area contributed by atoms with Crippen LogP contribution in [0.2, 0.25) is 0 Å². The third-order valence-electron chi connectivity index (χ3n) is 11.0. The lowest BCUT2D eigenvalue weighted by atomic mass is 9.43. The lowest BCUT2D eigenvalue weighted by Gasteiger charge is -2.63. The first kappa shape index (κ1) is 27.3. The normalized spacial score (nSPS) is 46.3. The van der Waals surface area contributed by atoms with E-state index >= 15 is 0 Å². The third-order valence-corrected chi connectivity index (χ3v) is 11.7. The van der Waals surface area contributed by atoms with Gasteiger partial charge in [-0.3, -0.25) is 4.79 Å². The van der Waals surface area contributed by atoms with E-state index in [4.69, 9.17) is 0 Å². The van der Waals surface area contributed by atoms with Crippen LogP contribution in [0.3, 0.4) is 0 Å². The summed E-state index contributed by atoms with van der Waals surface area (Å²) in [5.74, 6) is 0.522. The van der Waals surface area contributed by atoms with E-state index < -0.39 is 28.1 Å². The van der Waals surface area contributed by atoms with Gasteiger partial charge in [-0.1, -0.05) is 20.8 Å². The van der Waals surface area contributed by atoms with Crippen molar-refractivity contribution in [1.29, 1.82) is 0 Å². The molecule has 0 heterocycles. The van der Waals surface area contributed by atoms with Crippen molar-refractivity contribution in [3.05, 3.63) is 0 Å². The van der Waals surface area contributed by atoms with Gasteiger partial charge in [0, 0.05) is 13.0 Å². The Morgan fingerprint density at radius 3 is 2.49 bits per heavy atom. The van der Waals surface area contributed by atoms with E-state index in [0.29, 0.717) is 18.8 Å². The van der Waals surface area contributed by atoms with Crippen LogP contribution in [0.25, 0.3) is 0 Å². The molecule has 0 spiro atoms. The van der Waals surface area contributed by atoms with Crippen LogP contribution in [-0.4, -0.2) is 64.8 Å². The molecule has 9 heteroatoms. The largest absolute Gasteiger partial charge is 0.748 e. The Bertz CT molecular complexity index is 896. The molecule has 11 atom stereocenters. The first-order chi connectivity index (χ1) is 16.3. The van der Waals surface area contributed by atoms with Crippen LogP contribution in [0, 0.1) is 46.3 Å². The molecule has 0 bridgehead atoms. The Hall–Kier alpha value is -0.740. The van der Waals surface area contributed by atoms with Crippen LogP contribution in [0.15, 0.2) is 0 Å². The predicted octanol–water partition coefficient (Wildman–Crippen LogP) is 2.03. The number of aliphatic hydroxyl groups excluding tert-OH is 3. The second-order valence-electron chi connectivity index (χ2n) is 12.7. The average molecular weight is 515 g/mol. The number of hydrogen-bond acceptors (Lipinski definition) is 7. The molecule has 4 rings (SSSR count). The topological polar surface area (TPSA) is 147 Å². The van der Waals surface area contributed by atoms with E-state index in [1.54, 1.807) is 0 Å². The van der Waals surface area contributed by atoms with Gasteiger partial charge in [0.2, 0.25) is 5.91 Å². The van der Waals surface area contributed by atoms with Crippen molar-refractivity contribution in [2.45, 2.75) is 96.9 Å². The second kappa shape index (κ2) is 9.86. The fourth-order valence-corrected chi connectivity index (χ4v) is 9.45. The zero-order valence-corrected chi connectivity index (χ0v) is 22.2. The second-order valence-corrected chi connectivity index (χ2v) is 14.2. The summed E-state index contributed by atoms with van der Waals surface area (Å²) in [7, 11) is -4.35. The zero-order chi connectivity index (χ0) is 25.8. The number of carbonyl (C=O) groups excluding carboxylic acids is 1. The van der Waals surface area contributed by atoms with Crippen LogP contribution >= 0.6 is 0 Å². The lowest BCUT2D eigenvalue weighted by Crippen LogP contribution is -2.62. The van der Waals surface area contributed by atoms with Gasteiger partial charge in [-0.15, -0.1) is 0 Å². The molecule has 4 fully saturated rings. The van der Waals surface area contributed by atoms with Crippen LogP contribution in [-0.2, 0) is 14.9 Å². The Kier molecular flexibility index (Phi) is 7.69. The van der Waals surface area contributed by atoms with E-state index in [0.717, 1.165) is 38.5 Å². The summed E-state index contributed by atoms with van der Waals surface area (Å²) in [6, 6.07) is 0. The summed E-state index contributed by atoms with van der Waals surface area (Å²) in [4.78, 5) is 12.2. The van der Waals surface area contributed by atoms with Crippen LogP contribution < -0.4 is 5.32 Å². The first-order valence-electron chi connectivity index (χ1n) is 13.5. The zero-order valence-electron chi connectivity index (χ0n) is 21.4. The lowest BCUT2D eigenvalue weighted by molar-refractivity contribution is -0.207. The summed E-state index contributed by atoms with van der Waals surface area (Å²) in [5.41, 5.74) is -0.267. The van der Waals surface area contributed by atoms with Gasteiger partial charge in [-0.25, -0.2) is 8.42 Å². The van der Waals surface area contributed by atoms with E-state index in [-0.39, 0.29) is 65.4 Å². The SMILES string of the molecule is C[C@@H](CCC(=O)NCCS(=O)(=O)[O-])[C@H]1CC[C@H]2[C@@H]3[C@H](O)C[C@H]4C[C@@H](O)CC[C@]4(C)[C@H]3C[C@H](O)[C@]12C. The molecule has 0 aliphatic heterocycles. The number of nitrogens with one attached hydrogen (secondary N) is 1. The molecule has 0 saturated heterocycles. The molecule has 4 N–H and O–H groups in total. The smallest absolute Gasteiger partial charge is 0.220 e. The maximum Gasteiger partial charge on any atom is 0.220 e. The maximum atomic E-state index is 12.2. The standard InChI is InChI=1S/C26H45NO7S/c1-15(4-7-23(31)27-10-11-35(32,33)34)18-5-6-19-24-20(14-22(30)26(18,19)3)25(2)9-8-17(28)12-16(25)13-21(24)29/h15-22,24,28-30H,4-14H2,1-3H3,(H,27,31)(H,32,33,34)/p-1/t15-,16+,17-,18+,19-,20-,21+,22-,24-,25-,26+/m0/s1. The highest BCUT2D eigenvalue weighted by Gasteiger charge is 2.65. The molecule has 4 aliphatic carbocycles. The molecule has 0 aromatic carbocycles. The van der Waals surface area contributed by atoms with Gasteiger partial charge in [0.05, 0.1) is 34.2 Å². The van der Waals surface area contributed by atoms with Gasteiger partial charge >= 0.3 is 0 Å². The number of aliphatic hydroxyl groups is 3. The Morgan fingerprint density at radius 2 is 1.80 bits per heavy atom. The van der Waals surface area contributed by atoms with Gasteiger partial charge in [-0.2, -0.15) is 0 Å². The first-order valence-corrected chi connectivity index (χ1v) is 15.1. The minimum atomic E-state index is -4.35.